The zero-order valence-electron chi connectivity index (χ0n) is 13.9. The highest BCUT2D eigenvalue weighted by Crippen LogP contribution is 2.27. The summed E-state index contributed by atoms with van der Waals surface area (Å²) in [5.41, 5.74) is 2.15. The first-order valence-corrected chi connectivity index (χ1v) is 9.02. The molecule has 4 nitrogen and oxygen atoms in total. The van der Waals surface area contributed by atoms with Crippen molar-refractivity contribution in [2.24, 2.45) is 0 Å². The molecule has 0 aliphatic carbocycles. The van der Waals surface area contributed by atoms with Crippen LogP contribution >= 0.6 is 11.3 Å². The third kappa shape index (κ3) is 3.50. The number of rotatable bonds is 5. The lowest BCUT2D eigenvalue weighted by Crippen LogP contribution is -2.21. The lowest BCUT2D eigenvalue weighted by Gasteiger charge is -2.06. The Morgan fingerprint density at radius 3 is 2.65 bits per heavy atom. The number of amides is 1. The first-order chi connectivity index (χ1) is 12.7. The number of hydrogen-bond donors (Lipinski definition) is 1. The van der Waals surface area contributed by atoms with Crippen LogP contribution in [0.4, 0.5) is 4.39 Å². The molecule has 0 saturated carbocycles. The van der Waals surface area contributed by atoms with Crippen LogP contribution < -0.4 is 5.32 Å². The summed E-state index contributed by atoms with van der Waals surface area (Å²) in [4.78, 5) is 12.9. The van der Waals surface area contributed by atoms with Gasteiger partial charge in [0.25, 0.3) is 5.91 Å². The van der Waals surface area contributed by atoms with Gasteiger partial charge in [0.05, 0.1) is 11.4 Å². The molecule has 1 amide bonds. The number of thiophene rings is 1. The highest BCUT2D eigenvalue weighted by Gasteiger charge is 2.12. The highest BCUT2D eigenvalue weighted by molar-refractivity contribution is 7.20. The van der Waals surface area contributed by atoms with Crippen molar-refractivity contribution in [3.63, 3.8) is 0 Å². The minimum atomic E-state index is -0.300. The number of fused-ring (bicyclic) bond motifs is 1. The third-order valence-electron chi connectivity index (χ3n) is 4.11. The van der Waals surface area contributed by atoms with Gasteiger partial charge in [-0.25, -0.2) is 4.39 Å². The van der Waals surface area contributed by atoms with Gasteiger partial charge in [0.15, 0.2) is 0 Å². The molecule has 2 heterocycles. The van der Waals surface area contributed by atoms with E-state index < -0.39 is 0 Å². The average molecular weight is 365 g/mol. The molecule has 0 spiro atoms. The lowest BCUT2D eigenvalue weighted by atomic mass is 10.1. The summed E-state index contributed by atoms with van der Waals surface area (Å²) < 4.78 is 16.4. The van der Waals surface area contributed by atoms with Gasteiger partial charge in [-0.15, -0.1) is 11.3 Å². The molecule has 0 bridgehead atoms. The van der Waals surface area contributed by atoms with E-state index in [1.54, 1.807) is 18.3 Å². The summed E-state index contributed by atoms with van der Waals surface area (Å²) in [6.45, 7) is 1.14. The van der Waals surface area contributed by atoms with Crippen LogP contribution in [0.15, 0.2) is 67.0 Å². The van der Waals surface area contributed by atoms with Gasteiger partial charge in [0, 0.05) is 29.0 Å². The van der Waals surface area contributed by atoms with Gasteiger partial charge >= 0.3 is 0 Å². The van der Waals surface area contributed by atoms with Crippen LogP contribution in [0, 0.1) is 5.82 Å². The van der Waals surface area contributed by atoms with Crippen molar-refractivity contribution in [2.75, 3.05) is 0 Å². The molecule has 0 atom stereocenters. The lowest BCUT2D eigenvalue weighted by molar-refractivity contribution is 0.0955. The van der Waals surface area contributed by atoms with Crippen molar-refractivity contribution < 1.29 is 9.18 Å². The number of aromatic nitrogens is 2. The fourth-order valence-electron chi connectivity index (χ4n) is 2.75. The Labute approximate surface area is 153 Å². The normalized spacial score (nSPS) is 11.0. The van der Waals surface area contributed by atoms with Gasteiger partial charge in [-0.1, -0.05) is 30.3 Å². The fourth-order valence-corrected chi connectivity index (χ4v) is 3.74. The highest BCUT2D eigenvalue weighted by atomic mass is 32.1. The number of carbonyl (C=O) groups is 1. The summed E-state index contributed by atoms with van der Waals surface area (Å²) in [5, 5.41) is 7.57. The minimum absolute atomic E-state index is 0.189. The van der Waals surface area contributed by atoms with Crippen molar-refractivity contribution in [1.29, 1.82) is 0 Å². The van der Waals surface area contributed by atoms with Crippen LogP contribution in [0.3, 0.4) is 0 Å². The van der Waals surface area contributed by atoms with E-state index in [1.807, 2.05) is 47.3 Å². The molecule has 130 valence electrons. The number of hydrogen-bond acceptors (Lipinski definition) is 3. The Balaban J connectivity index is 1.39. The smallest absolute Gasteiger partial charge is 0.261 e. The Morgan fingerprint density at radius 1 is 1.12 bits per heavy atom. The van der Waals surface area contributed by atoms with E-state index in [1.165, 1.54) is 17.4 Å². The van der Waals surface area contributed by atoms with Gasteiger partial charge in [-0.3, -0.25) is 9.48 Å². The van der Waals surface area contributed by atoms with Gasteiger partial charge < -0.3 is 5.32 Å². The molecule has 26 heavy (non-hydrogen) atoms. The maximum absolute atomic E-state index is 13.8. The Hall–Kier alpha value is -2.99. The molecule has 0 radical (unpaired) electrons. The van der Waals surface area contributed by atoms with Crippen molar-refractivity contribution in [3.8, 4) is 0 Å². The molecule has 0 fully saturated rings. The van der Waals surface area contributed by atoms with E-state index in [-0.39, 0.29) is 11.7 Å². The molecule has 0 saturated heterocycles. The summed E-state index contributed by atoms with van der Waals surface area (Å²) in [5.74, 6) is -0.489. The van der Waals surface area contributed by atoms with Gasteiger partial charge in [-0.05, 0) is 35.4 Å². The van der Waals surface area contributed by atoms with Crippen LogP contribution in [0.1, 0.15) is 20.8 Å². The minimum Gasteiger partial charge on any atom is -0.347 e. The largest absolute Gasteiger partial charge is 0.347 e. The van der Waals surface area contributed by atoms with Crippen molar-refractivity contribution in [3.05, 3.63) is 88.8 Å². The van der Waals surface area contributed by atoms with Crippen LogP contribution in [-0.2, 0) is 13.1 Å². The first kappa shape index (κ1) is 16.5. The standard InChI is InChI=1S/C20H16FN3OS/c21-17-3-1-4-18-16(17)11-19(26-18)20(25)22-12-14-5-7-15(8-6-14)13-24-10-2-9-23-24/h1-11H,12-13H2,(H,22,25). The van der Waals surface area contributed by atoms with E-state index in [9.17, 15) is 9.18 Å². The summed E-state index contributed by atoms with van der Waals surface area (Å²) >= 11 is 1.30. The topological polar surface area (TPSA) is 46.9 Å². The Morgan fingerprint density at radius 2 is 1.92 bits per heavy atom. The molecule has 0 unspecified atom stereocenters. The van der Waals surface area contributed by atoms with Crippen LogP contribution in [-0.4, -0.2) is 15.7 Å². The second-order valence-electron chi connectivity index (χ2n) is 5.97. The molecule has 1 N–H and O–H groups in total. The number of benzene rings is 2. The van der Waals surface area contributed by atoms with Crippen LogP contribution in [0.25, 0.3) is 10.1 Å². The average Bonchev–Trinajstić information content (AvgIpc) is 3.31. The van der Waals surface area contributed by atoms with E-state index in [4.69, 9.17) is 0 Å². The van der Waals surface area contributed by atoms with E-state index >= 15 is 0 Å². The number of halogens is 1. The fraction of sp³-hybridized carbons (Fsp3) is 0.100. The molecule has 2 aromatic heterocycles. The maximum atomic E-state index is 13.8. The van der Waals surface area contributed by atoms with Crippen molar-refractivity contribution in [1.82, 2.24) is 15.1 Å². The summed E-state index contributed by atoms with van der Waals surface area (Å²) in [6.07, 6.45) is 3.67. The SMILES string of the molecule is O=C(NCc1ccc(Cn2cccn2)cc1)c1cc2c(F)cccc2s1. The summed E-state index contributed by atoms with van der Waals surface area (Å²) in [7, 11) is 0. The molecule has 0 aliphatic rings. The van der Waals surface area contributed by atoms with Crippen LogP contribution in [0.5, 0.6) is 0 Å². The molecule has 4 rings (SSSR count). The zero-order valence-corrected chi connectivity index (χ0v) is 14.7. The molecule has 4 aromatic rings. The van der Waals surface area contributed by atoms with Crippen molar-refractivity contribution >= 4 is 27.3 Å². The quantitative estimate of drug-likeness (QED) is 0.576. The van der Waals surface area contributed by atoms with E-state index in [2.05, 4.69) is 10.4 Å². The zero-order chi connectivity index (χ0) is 17.9. The molecule has 6 heteroatoms. The molecular weight excluding hydrogens is 349 g/mol. The van der Waals surface area contributed by atoms with E-state index in [0.29, 0.717) is 23.4 Å². The van der Waals surface area contributed by atoms with Gasteiger partial charge in [0.2, 0.25) is 0 Å². The second-order valence-corrected chi connectivity index (χ2v) is 7.05. The number of nitrogens with zero attached hydrogens (tertiary/aromatic N) is 2. The predicted octanol–water partition coefficient (Wildman–Crippen LogP) is 4.22. The monoisotopic (exact) mass is 365 g/mol. The molecule has 0 aliphatic heterocycles. The third-order valence-corrected chi connectivity index (χ3v) is 5.21. The molecule has 2 aromatic carbocycles. The number of nitrogens with one attached hydrogen (secondary N) is 1. The van der Waals surface area contributed by atoms with Gasteiger partial charge in [0.1, 0.15) is 5.82 Å². The summed E-state index contributed by atoms with van der Waals surface area (Å²) in [6, 6.07) is 16.4. The molecular formula is C20H16FN3OS. The predicted molar refractivity (Wildman–Crippen MR) is 101 cm³/mol. The van der Waals surface area contributed by atoms with Crippen molar-refractivity contribution in [2.45, 2.75) is 13.1 Å². The second kappa shape index (κ2) is 7.09. The maximum Gasteiger partial charge on any atom is 0.261 e. The van der Waals surface area contributed by atoms with Gasteiger partial charge in [-0.2, -0.15) is 5.10 Å². The van der Waals surface area contributed by atoms with E-state index in [0.717, 1.165) is 15.8 Å². The van der Waals surface area contributed by atoms with Crippen LogP contribution in [0.2, 0.25) is 0 Å². The first-order valence-electron chi connectivity index (χ1n) is 8.20. The Kier molecular flexibility index (Phi) is 4.50. The number of carbonyl (C=O) groups excluding carboxylic acids is 1. The Bertz CT molecular complexity index is 1040.